The Hall–Kier alpha value is -2.73. The maximum atomic E-state index is 13.3. The van der Waals surface area contributed by atoms with E-state index in [-0.39, 0.29) is 17.9 Å². The van der Waals surface area contributed by atoms with Gasteiger partial charge >= 0.3 is 0 Å². The van der Waals surface area contributed by atoms with Crippen LogP contribution in [0.15, 0.2) is 54.3 Å². The maximum absolute atomic E-state index is 13.3. The SMILES string of the molecule is O=C(NC(c1ccc2c(c1)CCCC2)c1cccs1)C1CCN(c2cnccn2)CC1. The van der Waals surface area contributed by atoms with Gasteiger partial charge in [0, 0.05) is 36.3 Å². The highest BCUT2D eigenvalue weighted by molar-refractivity contribution is 7.10. The van der Waals surface area contributed by atoms with Crippen LogP contribution in [-0.2, 0) is 17.6 Å². The molecule has 1 unspecified atom stereocenters. The number of carbonyl (C=O) groups is 1. The number of anilines is 1. The van der Waals surface area contributed by atoms with E-state index in [9.17, 15) is 4.79 Å². The monoisotopic (exact) mass is 432 g/mol. The number of benzene rings is 1. The number of aryl methyl sites for hydroxylation is 2. The highest BCUT2D eigenvalue weighted by atomic mass is 32.1. The Bertz CT molecular complexity index is 1010. The summed E-state index contributed by atoms with van der Waals surface area (Å²) in [4.78, 5) is 25.2. The summed E-state index contributed by atoms with van der Waals surface area (Å²) in [5.74, 6) is 1.09. The predicted molar refractivity (Wildman–Crippen MR) is 124 cm³/mol. The third-order valence-electron chi connectivity index (χ3n) is 6.56. The molecule has 160 valence electrons. The number of hydrogen-bond donors (Lipinski definition) is 1. The third-order valence-corrected chi connectivity index (χ3v) is 7.50. The van der Waals surface area contributed by atoms with Crippen LogP contribution in [0.25, 0.3) is 0 Å². The zero-order valence-corrected chi connectivity index (χ0v) is 18.5. The molecule has 2 aliphatic rings. The lowest BCUT2D eigenvalue weighted by molar-refractivity contribution is -0.126. The number of amides is 1. The minimum absolute atomic E-state index is 0.0352. The van der Waals surface area contributed by atoms with Gasteiger partial charge in [-0.15, -0.1) is 11.3 Å². The Labute approximate surface area is 187 Å². The number of piperidine rings is 1. The highest BCUT2D eigenvalue weighted by Crippen LogP contribution is 2.31. The first-order valence-corrected chi connectivity index (χ1v) is 12.1. The Morgan fingerprint density at radius 1 is 1.10 bits per heavy atom. The van der Waals surface area contributed by atoms with Gasteiger partial charge in [-0.2, -0.15) is 0 Å². The number of thiophene rings is 1. The number of carbonyl (C=O) groups excluding carboxylic acids is 1. The molecule has 1 amide bonds. The van der Waals surface area contributed by atoms with E-state index in [1.54, 1.807) is 29.9 Å². The largest absolute Gasteiger partial charge is 0.355 e. The standard InChI is InChI=1S/C25H28N4OS/c30-25(19-9-13-29(14-10-19)23-17-26-11-12-27-23)28-24(22-6-3-15-31-22)21-8-7-18-4-1-2-5-20(18)16-21/h3,6-8,11-12,15-17,19,24H,1-2,4-5,9-10,13-14H2,(H,28,30). The van der Waals surface area contributed by atoms with E-state index in [1.807, 2.05) is 0 Å². The van der Waals surface area contributed by atoms with Crippen molar-refractivity contribution in [3.8, 4) is 0 Å². The lowest BCUT2D eigenvalue weighted by atomic mass is 9.88. The van der Waals surface area contributed by atoms with E-state index >= 15 is 0 Å². The van der Waals surface area contributed by atoms with Gasteiger partial charge in [-0.25, -0.2) is 4.98 Å². The van der Waals surface area contributed by atoms with E-state index in [2.05, 4.69) is 55.9 Å². The second kappa shape index (κ2) is 9.18. The number of hydrogen-bond acceptors (Lipinski definition) is 5. The molecule has 3 aromatic rings. The second-order valence-electron chi connectivity index (χ2n) is 8.52. The average Bonchev–Trinajstić information content (AvgIpc) is 3.37. The zero-order valence-electron chi connectivity index (χ0n) is 17.7. The van der Waals surface area contributed by atoms with Gasteiger partial charge in [0.25, 0.3) is 0 Å². The molecule has 5 rings (SSSR count). The van der Waals surface area contributed by atoms with Crippen molar-refractivity contribution in [3.63, 3.8) is 0 Å². The molecule has 0 saturated carbocycles. The molecular formula is C25H28N4OS. The van der Waals surface area contributed by atoms with E-state index in [4.69, 9.17) is 0 Å². The maximum Gasteiger partial charge on any atom is 0.224 e. The molecule has 2 aromatic heterocycles. The van der Waals surface area contributed by atoms with Crippen LogP contribution >= 0.6 is 11.3 Å². The summed E-state index contributed by atoms with van der Waals surface area (Å²) in [7, 11) is 0. The third kappa shape index (κ3) is 4.49. The summed E-state index contributed by atoms with van der Waals surface area (Å²) < 4.78 is 0. The minimum Gasteiger partial charge on any atom is -0.355 e. The molecule has 1 saturated heterocycles. The summed E-state index contributed by atoms with van der Waals surface area (Å²) in [5.41, 5.74) is 4.13. The molecule has 1 aromatic carbocycles. The van der Waals surface area contributed by atoms with Crippen LogP contribution in [-0.4, -0.2) is 29.0 Å². The van der Waals surface area contributed by atoms with Crippen molar-refractivity contribution < 1.29 is 4.79 Å². The highest BCUT2D eigenvalue weighted by Gasteiger charge is 2.28. The molecule has 0 radical (unpaired) electrons. The molecule has 1 N–H and O–H groups in total. The van der Waals surface area contributed by atoms with Gasteiger partial charge in [-0.1, -0.05) is 24.3 Å². The van der Waals surface area contributed by atoms with Gasteiger partial charge in [0.2, 0.25) is 5.91 Å². The van der Waals surface area contributed by atoms with Crippen molar-refractivity contribution in [1.29, 1.82) is 0 Å². The van der Waals surface area contributed by atoms with E-state index in [0.29, 0.717) is 0 Å². The number of nitrogens with zero attached hydrogens (tertiary/aromatic N) is 3. The Balaban J connectivity index is 1.29. The van der Waals surface area contributed by atoms with Gasteiger partial charge in [0.15, 0.2) is 0 Å². The Morgan fingerprint density at radius 3 is 2.68 bits per heavy atom. The topological polar surface area (TPSA) is 58.1 Å². The first-order chi connectivity index (χ1) is 15.3. The fourth-order valence-electron chi connectivity index (χ4n) is 4.79. The van der Waals surface area contributed by atoms with Gasteiger partial charge in [-0.3, -0.25) is 9.78 Å². The van der Waals surface area contributed by atoms with Gasteiger partial charge in [0.05, 0.1) is 12.2 Å². The lowest BCUT2D eigenvalue weighted by Gasteiger charge is -2.32. The fraction of sp³-hybridized carbons (Fsp3) is 0.400. The van der Waals surface area contributed by atoms with Crippen LogP contribution in [0.5, 0.6) is 0 Å². The summed E-state index contributed by atoms with van der Waals surface area (Å²) in [5, 5.41) is 5.48. The number of fused-ring (bicyclic) bond motifs is 1. The molecule has 3 heterocycles. The molecule has 1 fully saturated rings. The van der Waals surface area contributed by atoms with Gasteiger partial charge in [0.1, 0.15) is 5.82 Å². The first-order valence-electron chi connectivity index (χ1n) is 11.2. The quantitative estimate of drug-likeness (QED) is 0.643. The van der Waals surface area contributed by atoms with Crippen LogP contribution in [0.1, 0.15) is 53.3 Å². The molecule has 1 aliphatic heterocycles. The van der Waals surface area contributed by atoms with Crippen molar-refractivity contribution >= 4 is 23.1 Å². The Kier molecular flexibility index (Phi) is 5.98. The second-order valence-corrected chi connectivity index (χ2v) is 9.50. The molecule has 0 spiro atoms. The van der Waals surface area contributed by atoms with Crippen LogP contribution in [0.3, 0.4) is 0 Å². The molecule has 5 nitrogen and oxygen atoms in total. The smallest absolute Gasteiger partial charge is 0.224 e. The number of aromatic nitrogens is 2. The predicted octanol–water partition coefficient (Wildman–Crippen LogP) is 4.54. The van der Waals surface area contributed by atoms with Crippen molar-refractivity contribution in [3.05, 3.63) is 75.9 Å². The van der Waals surface area contributed by atoms with Crippen LogP contribution in [0, 0.1) is 5.92 Å². The molecule has 1 aliphatic carbocycles. The van der Waals surface area contributed by atoms with Gasteiger partial charge in [-0.05, 0) is 66.7 Å². The first kappa shape index (κ1) is 20.2. The Morgan fingerprint density at radius 2 is 1.94 bits per heavy atom. The normalized spacial score (nSPS) is 17.7. The van der Waals surface area contributed by atoms with E-state index < -0.39 is 0 Å². The number of nitrogens with one attached hydrogen (secondary N) is 1. The van der Waals surface area contributed by atoms with Gasteiger partial charge < -0.3 is 10.2 Å². The average molecular weight is 433 g/mol. The van der Waals surface area contributed by atoms with Crippen LogP contribution < -0.4 is 10.2 Å². The molecular weight excluding hydrogens is 404 g/mol. The number of rotatable bonds is 5. The van der Waals surface area contributed by atoms with Crippen molar-refractivity contribution in [2.24, 2.45) is 5.92 Å². The van der Waals surface area contributed by atoms with Crippen molar-refractivity contribution in [2.75, 3.05) is 18.0 Å². The minimum atomic E-state index is -0.0715. The lowest BCUT2D eigenvalue weighted by Crippen LogP contribution is -2.42. The summed E-state index contributed by atoms with van der Waals surface area (Å²) >= 11 is 1.71. The van der Waals surface area contributed by atoms with Crippen LogP contribution in [0.4, 0.5) is 5.82 Å². The zero-order chi connectivity index (χ0) is 21.0. The van der Waals surface area contributed by atoms with Crippen LogP contribution in [0.2, 0.25) is 0 Å². The van der Waals surface area contributed by atoms with Crippen molar-refractivity contribution in [1.82, 2.24) is 15.3 Å². The molecule has 31 heavy (non-hydrogen) atoms. The summed E-state index contributed by atoms with van der Waals surface area (Å²) in [6, 6.07) is 10.9. The van der Waals surface area contributed by atoms with Crippen molar-refractivity contribution in [2.45, 2.75) is 44.6 Å². The molecule has 0 bridgehead atoms. The fourth-order valence-corrected chi connectivity index (χ4v) is 5.60. The summed E-state index contributed by atoms with van der Waals surface area (Å²) in [6.07, 6.45) is 11.7. The summed E-state index contributed by atoms with van der Waals surface area (Å²) in [6.45, 7) is 1.67. The van der Waals surface area contributed by atoms with E-state index in [1.165, 1.54) is 40.8 Å². The van der Waals surface area contributed by atoms with E-state index in [0.717, 1.165) is 38.2 Å². The molecule has 6 heteroatoms. The molecule has 1 atom stereocenters.